The summed E-state index contributed by atoms with van der Waals surface area (Å²) in [6.07, 6.45) is 4.40. The Morgan fingerprint density at radius 1 is 1.04 bits per heavy atom. The molecule has 0 bridgehead atoms. The minimum absolute atomic E-state index is 0.405. The van der Waals surface area contributed by atoms with Gasteiger partial charge in [-0.25, -0.2) is 4.79 Å². The molecule has 2 nitrogen and oxygen atoms in total. The van der Waals surface area contributed by atoms with Crippen molar-refractivity contribution in [3.8, 4) is 0 Å². The van der Waals surface area contributed by atoms with Crippen molar-refractivity contribution < 1.29 is 9.53 Å². The fourth-order valence-electron chi connectivity index (χ4n) is 2.71. The van der Waals surface area contributed by atoms with E-state index in [1.807, 2.05) is 12.1 Å². The maximum absolute atomic E-state index is 12.2. The van der Waals surface area contributed by atoms with Gasteiger partial charge in [0, 0.05) is 21.2 Å². The molecule has 0 N–H and O–H groups in total. The Balaban J connectivity index is 1.89. The maximum Gasteiger partial charge on any atom is 0.343 e. The van der Waals surface area contributed by atoms with E-state index >= 15 is 0 Å². The molecule has 0 spiro atoms. The van der Waals surface area contributed by atoms with Gasteiger partial charge in [-0.05, 0) is 42.2 Å². The standard InChI is InChI=1S/C21H18Cl2O2/c1-13(2)10-14-6-8-15(9-7-14)20-12-16(21(24)25-20)11-17-18(22)4-3-5-19(17)23/h3-9,11-13H,10H2,1-2H3/b16-11+. The highest BCUT2D eigenvalue weighted by Gasteiger charge is 2.22. The van der Waals surface area contributed by atoms with Crippen molar-refractivity contribution in [1.82, 2.24) is 0 Å². The number of hydrogen-bond acceptors (Lipinski definition) is 2. The fourth-order valence-corrected chi connectivity index (χ4v) is 3.22. The van der Waals surface area contributed by atoms with Gasteiger partial charge in [0.15, 0.2) is 0 Å². The lowest BCUT2D eigenvalue weighted by Gasteiger charge is -2.06. The van der Waals surface area contributed by atoms with Crippen LogP contribution < -0.4 is 0 Å². The van der Waals surface area contributed by atoms with Crippen molar-refractivity contribution >= 4 is 41.0 Å². The van der Waals surface area contributed by atoms with Crippen LogP contribution in [0, 0.1) is 5.92 Å². The average molecular weight is 373 g/mol. The molecule has 0 saturated carbocycles. The van der Waals surface area contributed by atoms with Crippen molar-refractivity contribution in [2.24, 2.45) is 5.92 Å². The molecule has 0 fully saturated rings. The van der Waals surface area contributed by atoms with E-state index in [0.29, 0.717) is 32.9 Å². The third-order valence-corrected chi connectivity index (χ3v) is 4.57. The lowest BCUT2D eigenvalue weighted by atomic mass is 10.0. The van der Waals surface area contributed by atoms with Gasteiger partial charge in [0.2, 0.25) is 0 Å². The zero-order chi connectivity index (χ0) is 18.0. The Kier molecular flexibility index (Phi) is 5.31. The van der Waals surface area contributed by atoms with Gasteiger partial charge in [-0.1, -0.05) is 67.4 Å². The molecule has 0 aromatic heterocycles. The molecule has 2 aromatic carbocycles. The summed E-state index contributed by atoms with van der Waals surface area (Å²) >= 11 is 12.3. The van der Waals surface area contributed by atoms with Crippen molar-refractivity contribution in [3.63, 3.8) is 0 Å². The van der Waals surface area contributed by atoms with E-state index in [4.69, 9.17) is 27.9 Å². The third-order valence-electron chi connectivity index (χ3n) is 3.91. The van der Waals surface area contributed by atoms with Gasteiger partial charge in [-0.15, -0.1) is 0 Å². The first-order valence-corrected chi connectivity index (χ1v) is 8.88. The molecule has 1 aliphatic heterocycles. The molecule has 1 aliphatic rings. The minimum Gasteiger partial charge on any atom is -0.422 e. The van der Waals surface area contributed by atoms with Crippen LogP contribution >= 0.6 is 23.2 Å². The molecule has 2 aromatic rings. The maximum atomic E-state index is 12.2. The van der Waals surface area contributed by atoms with E-state index in [1.165, 1.54) is 5.56 Å². The first-order valence-electron chi connectivity index (χ1n) is 8.13. The van der Waals surface area contributed by atoms with Gasteiger partial charge in [0.05, 0.1) is 5.57 Å². The van der Waals surface area contributed by atoms with Crippen LogP contribution in [0.15, 0.2) is 54.1 Å². The number of halogens is 2. The van der Waals surface area contributed by atoms with E-state index in [2.05, 4.69) is 26.0 Å². The van der Waals surface area contributed by atoms with Gasteiger partial charge in [0.1, 0.15) is 5.76 Å². The molecular weight excluding hydrogens is 355 g/mol. The van der Waals surface area contributed by atoms with E-state index < -0.39 is 5.97 Å². The minimum atomic E-state index is -0.405. The molecule has 0 unspecified atom stereocenters. The quantitative estimate of drug-likeness (QED) is 0.473. The monoisotopic (exact) mass is 372 g/mol. The molecule has 1 heterocycles. The van der Waals surface area contributed by atoms with E-state index in [0.717, 1.165) is 12.0 Å². The summed E-state index contributed by atoms with van der Waals surface area (Å²) in [6, 6.07) is 13.3. The summed E-state index contributed by atoms with van der Waals surface area (Å²) < 4.78 is 5.40. The summed E-state index contributed by atoms with van der Waals surface area (Å²) in [5.41, 5.74) is 3.18. The van der Waals surface area contributed by atoms with Crippen LogP contribution in [0.3, 0.4) is 0 Å². The van der Waals surface area contributed by atoms with Gasteiger partial charge >= 0.3 is 5.97 Å². The number of esters is 1. The topological polar surface area (TPSA) is 26.3 Å². The zero-order valence-corrected chi connectivity index (χ0v) is 15.6. The zero-order valence-electron chi connectivity index (χ0n) is 14.1. The average Bonchev–Trinajstić information content (AvgIpc) is 2.92. The van der Waals surface area contributed by atoms with Crippen LogP contribution in [-0.2, 0) is 16.0 Å². The molecular formula is C21H18Cl2O2. The molecule has 0 amide bonds. The van der Waals surface area contributed by atoms with E-state index in [-0.39, 0.29) is 0 Å². The highest BCUT2D eigenvalue weighted by Crippen LogP contribution is 2.31. The van der Waals surface area contributed by atoms with Crippen molar-refractivity contribution in [2.75, 3.05) is 0 Å². The number of carbonyl (C=O) groups is 1. The van der Waals surface area contributed by atoms with Crippen LogP contribution in [0.2, 0.25) is 10.0 Å². The predicted octanol–water partition coefficient (Wildman–Crippen LogP) is 6.17. The van der Waals surface area contributed by atoms with Gasteiger partial charge < -0.3 is 4.74 Å². The first kappa shape index (κ1) is 17.8. The Labute approximate surface area is 157 Å². The van der Waals surface area contributed by atoms with Crippen LogP contribution in [0.1, 0.15) is 30.5 Å². The Hall–Kier alpha value is -2.03. The lowest BCUT2D eigenvalue weighted by molar-refractivity contribution is -0.130. The lowest BCUT2D eigenvalue weighted by Crippen LogP contribution is -1.98. The first-order chi connectivity index (χ1) is 11.9. The molecule has 25 heavy (non-hydrogen) atoms. The van der Waals surface area contributed by atoms with Crippen molar-refractivity contribution in [2.45, 2.75) is 20.3 Å². The predicted molar refractivity (Wildman–Crippen MR) is 103 cm³/mol. The third kappa shape index (κ3) is 4.15. The number of rotatable bonds is 4. The number of carbonyl (C=O) groups excluding carboxylic acids is 1. The highest BCUT2D eigenvalue weighted by molar-refractivity contribution is 6.37. The summed E-state index contributed by atoms with van der Waals surface area (Å²) in [5, 5.41) is 0.986. The molecule has 0 aliphatic carbocycles. The van der Waals surface area contributed by atoms with Crippen molar-refractivity contribution in [1.29, 1.82) is 0 Å². The summed E-state index contributed by atoms with van der Waals surface area (Å²) in [5.74, 6) is 0.733. The van der Waals surface area contributed by atoms with Gasteiger partial charge in [-0.3, -0.25) is 0 Å². The second-order valence-corrected chi connectivity index (χ2v) is 7.24. The molecule has 0 radical (unpaired) electrons. The molecule has 0 atom stereocenters. The van der Waals surface area contributed by atoms with E-state index in [9.17, 15) is 4.79 Å². The second kappa shape index (κ2) is 7.47. The van der Waals surface area contributed by atoms with Gasteiger partial charge in [0.25, 0.3) is 0 Å². The van der Waals surface area contributed by atoms with Crippen LogP contribution in [-0.4, -0.2) is 5.97 Å². The SMILES string of the molecule is CC(C)Cc1ccc(C2=C/C(=C\c3c(Cl)cccc3Cl)C(=O)O2)cc1. The number of cyclic esters (lactones) is 1. The summed E-state index contributed by atoms with van der Waals surface area (Å²) in [4.78, 5) is 12.2. The highest BCUT2D eigenvalue weighted by atomic mass is 35.5. The van der Waals surface area contributed by atoms with Crippen LogP contribution in [0.25, 0.3) is 11.8 Å². The number of benzene rings is 2. The Morgan fingerprint density at radius 3 is 2.28 bits per heavy atom. The van der Waals surface area contributed by atoms with Crippen molar-refractivity contribution in [3.05, 3.63) is 80.8 Å². The van der Waals surface area contributed by atoms with Gasteiger partial charge in [-0.2, -0.15) is 0 Å². The normalized spacial score (nSPS) is 15.6. The van der Waals surface area contributed by atoms with E-state index in [1.54, 1.807) is 30.4 Å². The second-order valence-electron chi connectivity index (χ2n) is 6.43. The largest absolute Gasteiger partial charge is 0.422 e. The van der Waals surface area contributed by atoms with Crippen LogP contribution in [0.4, 0.5) is 0 Å². The molecule has 4 heteroatoms. The molecule has 3 rings (SSSR count). The Morgan fingerprint density at radius 2 is 1.68 bits per heavy atom. The van der Waals surface area contributed by atoms with Crippen LogP contribution in [0.5, 0.6) is 0 Å². The smallest absolute Gasteiger partial charge is 0.343 e. The number of ether oxygens (including phenoxy) is 1. The Bertz CT molecular complexity index is 842. The number of hydrogen-bond donors (Lipinski definition) is 0. The molecule has 0 saturated heterocycles. The summed E-state index contributed by atoms with van der Waals surface area (Å²) in [6.45, 7) is 4.37. The molecule has 128 valence electrons. The summed E-state index contributed by atoms with van der Waals surface area (Å²) in [7, 11) is 0. The fraction of sp³-hybridized carbons (Fsp3) is 0.190.